The summed E-state index contributed by atoms with van der Waals surface area (Å²) in [7, 11) is 0. The molecule has 0 saturated heterocycles. The Balaban J connectivity index is 1.66. The number of halogens is 1. The van der Waals surface area contributed by atoms with Crippen LogP contribution in [0.25, 0.3) is 21.6 Å². The van der Waals surface area contributed by atoms with Gasteiger partial charge < -0.3 is 0 Å². The Morgan fingerprint density at radius 2 is 1.88 bits per heavy atom. The number of hydrogen-bond acceptors (Lipinski definition) is 7. The highest BCUT2D eigenvalue weighted by atomic mass is 35.5. The van der Waals surface area contributed by atoms with E-state index in [4.69, 9.17) is 16.6 Å². The zero-order chi connectivity index (χ0) is 23.3. The molecule has 0 bridgehead atoms. The van der Waals surface area contributed by atoms with Gasteiger partial charge in [-0.2, -0.15) is 9.61 Å². The maximum Gasteiger partial charge on any atom is 0.275 e. The molecule has 2 aromatic carbocycles. The summed E-state index contributed by atoms with van der Waals surface area (Å²) in [6, 6.07) is 12.4. The van der Waals surface area contributed by atoms with E-state index in [-0.39, 0.29) is 11.1 Å². The fourth-order valence-electron chi connectivity index (χ4n) is 3.59. The lowest BCUT2D eigenvalue weighted by molar-refractivity contribution is 0.812. The molecular formula is C23H18ClN5O2S2. The summed E-state index contributed by atoms with van der Waals surface area (Å²) in [5, 5.41) is 6.45. The number of benzene rings is 2. The van der Waals surface area contributed by atoms with E-state index < -0.39 is 0 Å². The summed E-state index contributed by atoms with van der Waals surface area (Å²) in [5.74, 6) is 0.367. The number of aryl methyl sites for hydroxylation is 2. The predicted molar refractivity (Wildman–Crippen MR) is 133 cm³/mol. The smallest absolute Gasteiger partial charge is 0.268 e. The van der Waals surface area contributed by atoms with E-state index in [1.807, 2.05) is 39.0 Å². The van der Waals surface area contributed by atoms with E-state index in [1.165, 1.54) is 33.7 Å². The molecule has 3 heterocycles. The predicted octanol–water partition coefficient (Wildman–Crippen LogP) is 4.72. The van der Waals surface area contributed by atoms with E-state index in [0.717, 1.165) is 21.8 Å². The molecule has 0 atom stereocenters. The van der Waals surface area contributed by atoms with Gasteiger partial charge in [-0.25, -0.2) is 9.97 Å². The van der Waals surface area contributed by atoms with Crippen LogP contribution in [0.5, 0.6) is 0 Å². The van der Waals surface area contributed by atoms with Crippen LogP contribution in [-0.4, -0.2) is 24.1 Å². The van der Waals surface area contributed by atoms with E-state index in [0.29, 0.717) is 37.5 Å². The summed E-state index contributed by atoms with van der Waals surface area (Å²) in [4.78, 5) is 35.9. The number of fused-ring (bicyclic) bond motifs is 2. The first-order valence-corrected chi connectivity index (χ1v) is 12.3. The van der Waals surface area contributed by atoms with Crippen LogP contribution in [0.15, 0.2) is 57.2 Å². The molecule has 33 heavy (non-hydrogen) atoms. The molecule has 0 N–H and O–H groups in total. The van der Waals surface area contributed by atoms with Gasteiger partial charge in [0.05, 0.1) is 22.3 Å². The van der Waals surface area contributed by atoms with Gasteiger partial charge in [-0.05, 0) is 56.2 Å². The summed E-state index contributed by atoms with van der Waals surface area (Å²) in [6.07, 6.45) is 0. The lowest BCUT2D eigenvalue weighted by Gasteiger charge is -2.16. The SMILES string of the molecule is Cc1nn2c(=O)cc(CSc3nc4cc(Cl)ccc4c(=O)n3-c3cccc(C)c3C)nc2s1. The summed E-state index contributed by atoms with van der Waals surface area (Å²) >= 11 is 8.87. The fourth-order valence-corrected chi connectivity index (χ4v) is 5.42. The first-order chi connectivity index (χ1) is 15.8. The number of rotatable bonds is 4. The van der Waals surface area contributed by atoms with Gasteiger partial charge in [0.1, 0.15) is 5.01 Å². The summed E-state index contributed by atoms with van der Waals surface area (Å²) in [6.45, 7) is 5.83. The van der Waals surface area contributed by atoms with E-state index in [1.54, 1.807) is 22.8 Å². The Morgan fingerprint density at radius 1 is 1.06 bits per heavy atom. The third-order valence-corrected chi connectivity index (χ3v) is 7.40. The molecule has 7 nitrogen and oxygen atoms in total. The molecule has 0 spiro atoms. The highest BCUT2D eigenvalue weighted by molar-refractivity contribution is 7.98. The minimum Gasteiger partial charge on any atom is -0.268 e. The van der Waals surface area contributed by atoms with Gasteiger partial charge in [-0.15, -0.1) is 0 Å². The molecule has 0 aliphatic rings. The number of aromatic nitrogens is 5. The molecule has 5 aromatic rings. The van der Waals surface area contributed by atoms with Gasteiger partial charge >= 0.3 is 0 Å². The summed E-state index contributed by atoms with van der Waals surface area (Å²) in [5.41, 5.74) is 3.56. The molecule has 5 rings (SSSR count). The Labute approximate surface area is 201 Å². The van der Waals surface area contributed by atoms with Crippen molar-refractivity contribution in [1.82, 2.24) is 24.1 Å². The van der Waals surface area contributed by atoms with Crippen LogP contribution in [0.1, 0.15) is 21.8 Å². The number of thioether (sulfide) groups is 1. The topological polar surface area (TPSA) is 82.2 Å². The highest BCUT2D eigenvalue weighted by Gasteiger charge is 2.17. The van der Waals surface area contributed by atoms with Gasteiger partial charge in [-0.3, -0.25) is 14.2 Å². The van der Waals surface area contributed by atoms with E-state index in [9.17, 15) is 9.59 Å². The average molecular weight is 496 g/mol. The standard InChI is InChI=1S/C23H18ClN5O2S2/c1-12-5-4-6-19(13(12)2)28-21(31)17-8-7-15(24)9-18(17)26-22(28)32-11-16-10-20(30)29-23(25-16)33-14(3)27-29/h4-10H,11H2,1-3H3. The largest absolute Gasteiger partial charge is 0.275 e. The fraction of sp³-hybridized carbons (Fsp3) is 0.174. The zero-order valence-corrected chi connectivity index (χ0v) is 20.4. The molecule has 0 fully saturated rings. The Kier molecular flexibility index (Phi) is 5.55. The van der Waals surface area contributed by atoms with Gasteiger partial charge in [0.25, 0.3) is 11.1 Å². The van der Waals surface area contributed by atoms with Crippen molar-refractivity contribution in [2.75, 3.05) is 0 Å². The molecular weight excluding hydrogens is 478 g/mol. The lowest BCUT2D eigenvalue weighted by Crippen LogP contribution is -2.23. The van der Waals surface area contributed by atoms with Gasteiger partial charge in [0.2, 0.25) is 4.96 Å². The van der Waals surface area contributed by atoms with Gasteiger partial charge in [0.15, 0.2) is 5.16 Å². The molecule has 0 aliphatic heterocycles. The van der Waals surface area contributed by atoms with Crippen LogP contribution >= 0.6 is 34.7 Å². The second kappa shape index (κ2) is 8.40. The molecule has 0 unspecified atom stereocenters. The number of nitrogens with zero attached hydrogens (tertiary/aromatic N) is 5. The van der Waals surface area contributed by atoms with Crippen molar-refractivity contribution in [1.29, 1.82) is 0 Å². The third kappa shape index (κ3) is 3.96. The second-order valence-corrected chi connectivity index (χ2v) is 10.1. The van der Waals surface area contributed by atoms with Crippen LogP contribution in [0.3, 0.4) is 0 Å². The highest BCUT2D eigenvalue weighted by Crippen LogP contribution is 2.27. The second-order valence-electron chi connectivity index (χ2n) is 7.61. The first kappa shape index (κ1) is 21.8. The molecule has 10 heteroatoms. The van der Waals surface area contributed by atoms with Crippen LogP contribution in [0, 0.1) is 20.8 Å². The van der Waals surface area contributed by atoms with Crippen LogP contribution in [0.2, 0.25) is 5.02 Å². The van der Waals surface area contributed by atoms with Crippen LogP contribution in [-0.2, 0) is 5.75 Å². The zero-order valence-electron chi connectivity index (χ0n) is 18.0. The molecule has 0 amide bonds. The average Bonchev–Trinajstić information content (AvgIpc) is 3.15. The van der Waals surface area contributed by atoms with Crippen molar-refractivity contribution in [3.8, 4) is 5.69 Å². The lowest BCUT2D eigenvalue weighted by atomic mass is 10.1. The van der Waals surface area contributed by atoms with Gasteiger partial charge in [-0.1, -0.05) is 46.8 Å². The molecule has 0 radical (unpaired) electrons. The Morgan fingerprint density at radius 3 is 2.70 bits per heavy atom. The van der Waals surface area contributed by atoms with Crippen LogP contribution in [0.4, 0.5) is 0 Å². The summed E-state index contributed by atoms with van der Waals surface area (Å²) < 4.78 is 2.93. The molecule has 166 valence electrons. The van der Waals surface area contributed by atoms with Crippen molar-refractivity contribution in [2.24, 2.45) is 0 Å². The Hall–Kier alpha value is -3.01. The van der Waals surface area contributed by atoms with Gasteiger partial charge in [0, 0.05) is 16.8 Å². The van der Waals surface area contributed by atoms with Crippen molar-refractivity contribution < 1.29 is 0 Å². The third-order valence-electron chi connectivity index (χ3n) is 5.37. The van der Waals surface area contributed by atoms with Crippen molar-refractivity contribution >= 4 is 50.6 Å². The van der Waals surface area contributed by atoms with Crippen molar-refractivity contribution in [3.63, 3.8) is 0 Å². The van der Waals surface area contributed by atoms with Crippen molar-refractivity contribution in [3.05, 3.63) is 90.0 Å². The molecule has 3 aromatic heterocycles. The van der Waals surface area contributed by atoms with Crippen LogP contribution < -0.4 is 11.1 Å². The molecule has 0 aliphatic carbocycles. The maximum absolute atomic E-state index is 13.6. The maximum atomic E-state index is 13.6. The normalized spacial score (nSPS) is 11.5. The minimum absolute atomic E-state index is 0.172. The molecule has 0 saturated carbocycles. The first-order valence-electron chi connectivity index (χ1n) is 10.1. The monoisotopic (exact) mass is 495 g/mol. The van der Waals surface area contributed by atoms with E-state index in [2.05, 4.69) is 10.1 Å². The minimum atomic E-state index is -0.231. The van der Waals surface area contributed by atoms with E-state index >= 15 is 0 Å². The van der Waals surface area contributed by atoms with Crippen molar-refractivity contribution in [2.45, 2.75) is 31.7 Å². The number of hydrogen-bond donors (Lipinski definition) is 0. The Bertz CT molecular complexity index is 1670. The quantitative estimate of drug-likeness (QED) is 0.265.